The van der Waals surface area contributed by atoms with Crippen LogP contribution in [-0.4, -0.2) is 32.2 Å². The minimum Gasteiger partial charge on any atom is -0.493 e. The molecule has 2 aromatic rings. The molecule has 3 rings (SSSR count). The number of para-hydroxylation sites is 2. The van der Waals surface area contributed by atoms with Crippen molar-refractivity contribution in [3.8, 4) is 11.5 Å². The average Bonchev–Trinajstić information content (AvgIpc) is 3.21. The molecule has 0 aliphatic carbocycles. The topological polar surface area (TPSA) is 50.8 Å². The Balaban J connectivity index is 1.63. The van der Waals surface area contributed by atoms with Gasteiger partial charge in [0, 0.05) is 24.5 Å². The number of benzene rings is 2. The fourth-order valence-corrected chi connectivity index (χ4v) is 3.15. The van der Waals surface area contributed by atoms with E-state index in [0.717, 1.165) is 18.8 Å². The molecule has 0 spiro atoms. The van der Waals surface area contributed by atoms with E-state index < -0.39 is 6.10 Å². The number of carbonyl (C=O) groups is 1. The maximum atomic E-state index is 12.6. The van der Waals surface area contributed by atoms with Crippen LogP contribution in [0.3, 0.4) is 0 Å². The van der Waals surface area contributed by atoms with Gasteiger partial charge in [0.15, 0.2) is 17.6 Å². The van der Waals surface area contributed by atoms with Crippen molar-refractivity contribution >= 4 is 17.3 Å². The van der Waals surface area contributed by atoms with Crippen molar-refractivity contribution in [1.29, 1.82) is 0 Å². The molecular formula is C21H26N2O3. The minimum atomic E-state index is -0.579. The molecule has 5 nitrogen and oxygen atoms in total. The van der Waals surface area contributed by atoms with Gasteiger partial charge < -0.3 is 19.7 Å². The Morgan fingerprint density at radius 2 is 1.73 bits per heavy atom. The van der Waals surface area contributed by atoms with E-state index in [1.807, 2.05) is 37.3 Å². The summed E-state index contributed by atoms with van der Waals surface area (Å²) in [6, 6.07) is 15.4. The first-order valence-corrected chi connectivity index (χ1v) is 9.17. The largest absolute Gasteiger partial charge is 0.493 e. The number of methoxy groups -OCH3 is 1. The van der Waals surface area contributed by atoms with Gasteiger partial charge in [0.25, 0.3) is 5.91 Å². The monoisotopic (exact) mass is 354 g/mol. The fraction of sp³-hybridized carbons (Fsp3) is 0.381. The van der Waals surface area contributed by atoms with Gasteiger partial charge in [-0.3, -0.25) is 4.79 Å². The van der Waals surface area contributed by atoms with Crippen molar-refractivity contribution in [3.05, 3.63) is 48.5 Å². The summed E-state index contributed by atoms with van der Waals surface area (Å²) in [5.74, 6) is 1.03. The Morgan fingerprint density at radius 1 is 1.08 bits per heavy atom. The molecule has 26 heavy (non-hydrogen) atoms. The van der Waals surface area contributed by atoms with Gasteiger partial charge in [0.2, 0.25) is 0 Å². The van der Waals surface area contributed by atoms with Crippen LogP contribution in [-0.2, 0) is 4.79 Å². The molecule has 0 unspecified atom stereocenters. The van der Waals surface area contributed by atoms with Crippen molar-refractivity contribution < 1.29 is 14.3 Å². The van der Waals surface area contributed by atoms with Gasteiger partial charge in [-0.05, 0) is 55.7 Å². The van der Waals surface area contributed by atoms with Gasteiger partial charge >= 0.3 is 0 Å². The van der Waals surface area contributed by atoms with Crippen molar-refractivity contribution in [2.45, 2.75) is 32.3 Å². The Labute approximate surface area is 154 Å². The van der Waals surface area contributed by atoms with Crippen LogP contribution in [0.25, 0.3) is 0 Å². The highest BCUT2D eigenvalue weighted by Crippen LogP contribution is 2.28. The number of hydrogen-bond acceptors (Lipinski definition) is 4. The van der Waals surface area contributed by atoms with Gasteiger partial charge in [-0.2, -0.15) is 0 Å². The lowest BCUT2D eigenvalue weighted by molar-refractivity contribution is -0.122. The summed E-state index contributed by atoms with van der Waals surface area (Å²) in [5.41, 5.74) is 1.98. The van der Waals surface area contributed by atoms with Gasteiger partial charge in [0.1, 0.15) is 0 Å². The summed E-state index contributed by atoms with van der Waals surface area (Å²) in [6.45, 7) is 4.14. The molecule has 1 amide bonds. The SMILES string of the molecule is CC[C@H](Oc1ccccc1OC)C(=O)Nc1ccc(N2CCCC2)cc1. The average molecular weight is 354 g/mol. The van der Waals surface area contributed by atoms with Crippen LogP contribution in [0.15, 0.2) is 48.5 Å². The van der Waals surface area contributed by atoms with E-state index in [9.17, 15) is 4.79 Å². The van der Waals surface area contributed by atoms with E-state index in [1.54, 1.807) is 13.2 Å². The molecule has 1 aliphatic rings. The van der Waals surface area contributed by atoms with Crippen LogP contribution in [0, 0.1) is 0 Å². The van der Waals surface area contributed by atoms with E-state index in [1.165, 1.54) is 18.5 Å². The molecule has 5 heteroatoms. The highest BCUT2D eigenvalue weighted by molar-refractivity contribution is 5.94. The third-order valence-electron chi connectivity index (χ3n) is 4.61. The molecule has 1 atom stereocenters. The van der Waals surface area contributed by atoms with Gasteiger partial charge in [-0.25, -0.2) is 0 Å². The van der Waals surface area contributed by atoms with Crippen LogP contribution in [0.2, 0.25) is 0 Å². The Bertz CT molecular complexity index is 724. The number of rotatable bonds is 7. The first-order valence-electron chi connectivity index (χ1n) is 9.17. The number of anilines is 2. The molecule has 1 aliphatic heterocycles. The molecule has 2 aromatic carbocycles. The van der Waals surface area contributed by atoms with E-state index in [2.05, 4.69) is 22.3 Å². The van der Waals surface area contributed by atoms with E-state index in [4.69, 9.17) is 9.47 Å². The highest BCUT2D eigenvalue weighted by Gasteiger charge is 2.20. The first-order chi connectivity index (χ1) is 12.7. The number of ether oxygens (including phenoxy) is 2. The van der Waals surface area contributed by atoms with Crippen LogP contribution < -0.4 is 19.7 Å². The van der Waals surface area contributed by atoms with Gasteiger partial charge in [-0.15, -0.1) is 0 Å². The number of carbonyl (C=O) groups excluding carboxylic acids is 1. The molecule has 0 bridgehead atoms. The van der Waals surface area contributed by atoms with E-state index in [-0.39, 0.29) is 5.91 Å². The summed E-state index contributed by atoms with van der Waals surface area (Å²) in [4.78, 5) is 15.0. The Hall–Kier alpha value is -2.69. The van der Waals surface area contributed by atoms with Gasteiger partial charge in [-0.1, -0.05) is 19.1 Å². The summed E-state index contributed by atoms with van der Waals surface area (Å²) < 4.78 is 11.2. The number of amides is 1. The van der Waals surface area contributed by atoms with Crippen LogP contribution in [0.4, 0.5) is 11.4 Å². The van der Waals surface area contributed by atoms with Gasteiger partial charge in [0.05, 0.1) is 7.11 Å². The van der Waals surface area contributed by atoms with Crippen LogP contribution in [0.1, 0.15) is 26.2 Å². The maximum Gasteiger partial charge on any atom is 0.265 e. The molecule has 0 aromatic heterocycles. The summed E-state index contributed by atoms with van der Waals surface area (Å²) >= 11 is 0. The second-order valence-corrected chi connectivity index (χ2v) is 6.40. The number of nitrogens with zero attached hydrogens (tertiary/aromatic N) is 1. The molecule has 1 heterocycles. The fourth-order valence-electron chi connectivity index (χ4n) is 3.15. The van der Waals surface area contributed by atoms with Crippen molar-refractivity contribution in [2.24, 2.45) is 0 Å². The molecule has 138 valence electrons. The summed E-state index contributed by atoms with van der Waals surface area (Å²) in [7, 11) is 1.59. The molecule has 1 fully saturated rings. The smallest absolute Gasteiger partial charge is 0.265 e. The van der Waals surface area contributed by atoms with Crippen molar-refractivity contribution in [3.63, 3.8) is 0 Å². The number of nitrogens with one attached hydrogen (secondary N) is 1. The Kier molecular flexibility index (Phi) is 6.00. The van der Waals surface area contributed by atoms with Crippen LogP contribution >= 0.6 is 0 Å². The quantitative estimate of drug-likeness (QED) is 0.814. The maximum absolute atomic E-state index is 12.6. The first kappa shape index (κ1) is 18.1. The lowest BCUT2D eigenvalue weighted by Gasteiger charge is -2.20. The summed E-state index contributed by atoms with van der Waals surface area (Å²) in [5, 5.41) is 2.95. The highest BCUT2D eigenvalue weighted by atomic mass is 16.5. The molecule has 1 saturated heterocycles. The lowest BCUT2D eigenvalue weighted by atomic mass is 10.2. The molecule has 0 radical (unpaired) electrons. The molecule has 1 N–H and O–H groups in total. The second-order valence-electron chi connectivity index (χ2n) is 6.40. The zero-order valence-electron chi connectivity index (χ0n) is 15.4. The predicted molar refractivity (Wildman–Crippen MR) is 104 cm³/mol. The third kappa shape index (κ3) is 4.28. The minimum absolute atomic E-state index is 0.160. The molecule has 0 saturated carbocycles. The predicted octanol–water partition coefficient (Wildman–Crippen LogP) is 4.09. The van der Waals surface area contributed by atoms with E-state index >= 15 is 0 Å². The Morgan fingerprint density at radius 3 is 2.35 bits per heavy atom. The van der Waals surface area contributed by atoms with Crippen molar-refractivity contribution in [2.75, 3.05) is 30.4 Å². The van der Waals surface area contributed by atoms with Crippen LogP contribution in [0.5, 0.6) is 11.5 Å². The third-order valence-corrected chi connectivity index (χ3v) is 4.61. The number of hydrogen-bond donors (Lipinski definition) is 1. The zero-order valence-corrected chi connectivity index (χ0v) is 15.4. The second kappa shape index (κ2) is 8.61. The summed E-state index contributed by atoms with van der Waals surface area (Å²) in [6.07, 6.45) is 2.48. The zero-order chi connectivity index (χ0) is 18.4. The van der Waals surface area contributed by atoms with Crippen molar-refractivity contribution in [1.82, 2.24) is 0 Å². The normalized spacial score (nSPS) is 14.8. The standard InChI is InChI=1S/C21H26N2O3/c1-3-18(26-20-9-5-4-8-19(20)25-2)21(24)22-16-10-12-17(13-11-16)23-14-6-7-15-23/h4-5,8-13,18H,3,6-7,14-15H2,1-2H3,(H,22,24)/t18-/m0/s1. The lowest BCUT2D eigenvalue weighted by Crippen LogP contribution is -2.32. The molecular weight excluding hydrogens is 328 g/mol. The van der Waals surface area contributed by atoms with E-state index in [0.29, 0.717) is 17.9 Å².